The number of carbonyl (C=O) groups excluding carboxylic acids is 2. The topological polar surface area (TPSA) is 61.9 Å². The molecule has 0 spiro atoms. The van der Waals surface area contributed by atoms with Gasteiger partial charge in [0.1, 0.15) is 0 Å². The van der Waals surface area contributed by atoms with Gasteiger partial charge >= 0.3 is 12.0 Å². The van der Waals surface area contributed by atoms with E-state index in [1.807, 2.05) is 17.0 Å². The molecule has 1 atom stereocenters. The summed E-state index contributed by atoms with van der Waals surface area (Å²) >= 11 is 0. The van der Waals surface area contributed by atoms with Crippen LogP contribution in [0.15, 0.2) is 24.3 Å². The largest absolute Gasteiger partial charge is 0.465 e. The zero-order valence-electron chi connectivity index (χ0n) is 12.0. The summed E-state index contributed by atoms with van der Waals surface area (Å²) in [6.45, 7) is 4.10. The van der Waals surface area contributed by atoms with Crippen LogP contribution in [0.2, 0.25) is 0 Å². The zero-order chi connectivity index (χ0) is 14.8. The van der Waals surface area contributed by atoms with Crippen molar-refractivity contribution in [2.24, 2.45) is 0 Å². The normalized spacial score (nSPS) is 21.9. The van der Waals surface area contributed by atoms with Crippen molar-refractivity contribution >= 4 is 12.0 Å². The van der Waals surface area contributed by atoms with Crippen molar-refractivity contribution in [1.82, 2.24) is 15.1 Å². The van der Waals surface area contributed by atoms with E-state index >= 15 is 0 Å². The molecule has 21 heavy (non-hydrogen) atoms. The Morgan fingerprint density at radius 2 is 2.10 bits per heavy atom. The Kier molecular flexibility index (Phi) is 3.79. The predicted molar refractivity (Wildman–Crippen MR) is 77.0 cm³/mol. The van der Waals surface area contributed by atoms with Gasteiger partial charge in [-0.15, -0.1) is 0 Å². The molecule has 0 aliphatic carbocycles. The highest BCUT2D eigenvalue weighted by Crippen LogP contribution is 2.16. The third-order valence-electron chi connectivity index (χ3n) is 4.10. The highest BCUT2D eigenvalue weighted by Gasteiger charge is 2.35. The number of hydrogen-bond acceptors (Lipinski definition) is 4. The van der Waals surface area contributed by atoms with Gasteiger partial charge in [-0.1, -0.05) is 12.1 Å². The summed E-state index contributed by atoms with van der Waals surface area (Å²) in [6, 6.07) is 7.83. The molecular formula is C15H19N3O3. The van der Waals surface area contributed by atoms with Gasteiger partial charge in [0.05, 0.1) is 18.7 Å². The molecule has 3 rings (SSSR count). The van der Waals surface area contributed by atoms with Crippen LogP contribution < -0.4 is 5.32 Å². The number of methoxy groups -OCH3 is 1. The fraction of sp³-hybridized carbons (Fsp3) is 0.467. The maximum absolute atomic E-state index is 11.6. The maximum Gasteiger partial charge on any atom is 0.337 e. The van der Waals surface area contributed by atoms with Gasteiger partial charge in [-0.25, -0.2) is 9.59 Å². The molecule has 2 aliphatic rings. The average molecular weight is 289 g/mol. The number of carbonyl (C=O) groups is 2. The Balaban J connectivity index is 1.60. The Morgan fingerprint density at radius 3 is 2.81 bits per heavy atom. The number of rotatable bonds is 3. The van der Waals surface area contributed by atoms with Crippen molar-refractivity contribution in [2.75, 3.05) is 33.3 Å². The van der Waals surface area contributed by atoms with E-state index in [0.29, 0.717) is 5.56 Å². The zero-order valence-corrected chi connectivity index (χ0v) is 12.0. The van der Waals surface area contributed by atoms with Crippen molar-refractivity contribution in [3.8, 4) is 0 Å². The molecule has 6 nitrogen and oxygen atoms in total. The number of fused-ring (bicyclic) bond motifs is 1. The minimum absolute atomic E-state index is 0.0575. The van der Waals surface area contributed by atoms with Crippen LogP contribution >= 0.6 is 0 Å². The fourth-order valence-electron chi connectivity index (χ4n) is 2.93. The van der Waals surface area contributed by atoms with Gasteiger partial charge in [0.15, 0.2) is 0 Å². The minimum Gasteiger partial charge on any atom is -0.465 e. The third kappa shape index (κ3) is 2.85. The molecule has 2 saturated heterocycles. The Labute approximate surface area is 123 Å². The summed E-state index contributed by atoms with van der Waals surface area (Å²) in [6.07, 6.45) is 0. The first-order chi connectivity index (χ1) is 10.2. The number of piperazine rings is 1. The van der Waals surface area contributed by atoms with E-state index in [2.05, 4.69) is 15.0 Å². The molecule has 2 fully saturated rings. The number of urea groups is 1. The van der Waals surface area contributed by atoms with Crippen molar-refractivity contribution in [2.45, 2.75) is 12.6 Å². The van der Waals surface area contributed by atoms with Crippen molar-refractivity contribution < 1.29 is 14.3 Å². The number of benzene rings is 1. The van der Waals surface area contributed by atoms with Crippen LogP contribution in [0.5, 0.6) is 0 Å². The van der Waals surface area contributed by atoms with E-state index in [-0.39, 0.29) is 18.0 Å². The predicted octanol–water partition coefficient (Wildman–Crippen LogP) is 0.683. The van der Waals surface area contributed by atoms with E-state index < -0.39 is 0 Å². The number of nitrogens with zero attached hydrogens (tertiary/aromatic N) is 2. The van der Waals surface area contributed by atoms with Crippen LogP contribution in [0.1, 0.15) is 15.9 Å². The molecule has 1 aromatic rings. The second-order valence-corrected chi connectivity index (χ2v) is 5.46. The minimum atomic E-state index is -0.314. The molecule has 2 aliphatic heterocycles. The van der Waals surface area contributed by atoms with Crippen LogP contribution in [0.3, 0.4) is 0 Å². The number of amides is 2. The molecule has 0 aromatic heterocycles. The second kappa shape index (κ2) is 5.73. The molecule has 6 heteroatoms. The number of nitrogens with one attached hydrogen (secondary N) is 1. The molecule has 1 aromatic carbocycles. The number of hydrogen-bond donors (Lipinski definition) is 1. The molecule has 2 amide bonds. The lowest BCUT2D eigenvalue weighted by Crippen LogP contribution is -2.51. The monoisotopic (exact) mass is 289 g/mol. The van der Waals surface area contributed by atoms with Crippen molar-refractivity contribution in [3.63, 3.8) is 0 Å². The van der Waals surface area contributed by atoms with Gasteiger partial charge in [0, 0.05) is 32.7 Å². The van der Waals surface area contributed by atoms with E-state index in [1.165, 1.54) is 7.11 Å². The smallest absolute Gasteiger partial charge is 0.337 e. The van der Waals surface area contributed by atoms with Crippen molar-refractivity contribution in [3.05, 3.63) is 35.4 Å². The molecule has 1 unspecified atom stereocenters. The van der Waals surface area contributed by atoms with Crippen LogP contribution in [0.4, 0.5) is 4.79 Å². The van der Waals surface area contributed by atoms with Gasteiger partial charge in [-0.3, -0.25) is 4.90 Å². The Hall–Kier alpha value is -2.08. The van der Waals surface area contributed by atoms with Gasteiger partial charge < -0.3 is 15.0 Å². The van der Waals surface area contributed by atoms with Gasteiger partial charge in [-0.05, 0) is 17.7 Å². The number of esters is 1. The SMILES string of the molecule is COC(=O)c1ccc(CN2CCN3C(=O)NCC3C2)cc1. The second-order valence-electron chi connectivity index (χ2n) is 5.46. The van der Waals surface area contributed by atoms with E-state index in [0.717, 1.165) is 38.3 Å². The first kappa shape index (κ1) is 13.9. The van der Waals surface area contributed by atoms with Crippen LogP contribution in [-0.2, 0) is 11.3 Å². The summed E-state index contributed by atoms with van der Waals surface area (Å²) < 4.78 is 4.69. The van der Waals surface area contributed by atoms with Crippen LogP contribution in [0.25, 0.3) is 0 Å². The lowest BCUT2D eigenvalue weighted by atomic mass is 10.1. The van der Waals surface area contributed by atoms with Gasteiger partial charge in [0.2, 0.25) is 0 Å². The Morgan fingerprint density at radius 1 is 1.33 bits per heavy atom. The Bertz CT molecular complexity index is 544. The fourth-order valence-corrected chi connectivity index (χ4v) is 2.93. The summed E-state index contributed by atoms with van der Waals surface area (Å²) in [7, 11) is 1.38. The van der Waals surface area contributed by atoms with Crippen molar-refractivity contribution in [1.29, 1.82) is 0 Å². The highest BCUT2D eigenvalue weighted by molar-refractivity contribution is 5.89. The van der Waals surface area contributed by atoms with Crippen LogP contribution in [0, 0.1) is 0 Å². The number of ether oxygens (including phenoxy) is 1. The first-order valence-corrected chi connectivity index (χ1v) is 7.11. The standard InChI is InChI=1S/C15H19N3O3/c1-21-14(19)12-4-2-11(3-5-12)9-17-6-7-18-13(10-17)8-16-15(18)20/h2-5,13H,6-10H2,1H3,(H,16,20). The molecule has 112 valence electrons. The first-order valence-electron chi connectivity index (χ1n) is 7.11. The maximum atomic E-state index is 11.6. The summed E-state index contributed by atoms with van der Waals surface area (Å²) in [5.74, 6) is -0.314. The van der Waals surface area contributed by atoms with E-state index in [9.17, 15) is 9.59 Å². The van der Waals surface area contributed by atoms with E-state index in [1.54, 1.807) is 12.1 Å². The lowest BCUT2D eigenvalue weighted by Gasteiger charge is -2.36. The van der Waals surface area contributed by atoms with Crippen LogP contribution in [-0.4, -0.2) is 61.1 Å². The summed E-state index contributed by atoms with van der Waals surface area (Å²) in [4.78, 5) is 27.2. The quantitative estimate of drug-likeness (QED) is 0.831. The lowest BCUT2D eigenvalue weighted by molar-refractivity contribution is 0.0600. The highest BCUT2D eigenvalue weighted by atomic mass is 16.5. The summed E-state index contributed by atoms with van der Waals surface area (Å²) in [5, 5.41) is 2.88. The molecule has 0 radical (unpaired) electrons. The van der Waals surface area contributed by atoms with E-state index in [4.69, 9.17) is 0 Å². The average Bonchev–Trinajstić information content (AvgIpc) is 2.88. The molecular weight excluding hydrogens is 270 g/mol. The molecule has 2 heterocycles. The molecule has 0 bridgehead atoms. The summed E-state index contributed by atoms with van der Waals surface area (Å²) in [5.41, 5.74) is 1.73. The molecule has 1 N–H and O–H groups in total. The molecule has 0 saturated carbocycles. The van der Waals surface area contributed by atoms with Gasteiger partial charge in [-0.2, -0.15) is 0 Å². The third-order valence-corrected chi connectivity index (χ3v) is 4.10. The van der Waals surface area contributed by atoms with Gasteiger partial charge in [0.25, 0.3) is 0 Å².